The fourth-order valence-corrected chi connectivity index (χ4v) is 5.99. The molecule has 18 heteroatoms. The van der Waals surface area contributed by atoms with E-state index in [9.17, 15) is 59.1 Å². The van der Waals surface area contributed by atoms with Gasteiger partial charge in [-0.2, -0.15) is 13.2 Å². The van der Waals surface area contributed by atoms with Gasteiger partial charge in [-0.1, -0.05) is 0 Å². The largest absolute Gasteiger partial charge is 0.522 e. The summed E-state index contributed by atoms with van der Waals surface area (Å²) in [6.45, 7) is -1.40. The van der Waals surface area contributed by atoms with Crippen molar-refractivity contribution in [1.82, 2.24) is 20.9 Å². The Labute approximate surface area is 239 Å². The molecular formula is C25H30F8N4O6. The van der Waals surface area contributed by atoms with Crippen LogP contribution in [-0.2, 0) is 28.7 Å². The minimum atomic E-state index is -5.44. The summed E-state index contributed by atoms with van der Waals surface area (Å²) >= 11 is 0. The first kappa shape index (κ1) is 32.9. The summed E-state index contributed by atoms with van der Waals surface area (Å²) in [7, 11) is 0. The average molecular weight is 635 g/mol. The molecule has 242 valence electrons. The Morgan fingerprint density at radius 1 is 1.00 bits per heavy atom. The van der Waals surface area contributed by atoms with Crippen LogP contribution in [0.1, 0.15) is 57.8 Å². The molecule has 10 nitrogen and oxygen atoms in total. The zero-order valence-corrected chi connectivity index (χ0v) is 22.6. The average Bonchev–Trinajstić information content (AvgIpc) is 3.36. The molecule has 2 saturated carbocycles. The lowest BCUT2D eigenvalue weighted by atomic mass is 9.78. The van der Waals surface area contributed by atoms with Crippen molar-refractivity contribution in [1.29, 1.82) is 0 Å². The highest BCUT2D eigenvalue weighted by Gasteiger charge is 2.60. The summed E-state index contributed by atoms with van der Waals surface area (Å²) in [4.78, 5) is 64.9. The van der Waals surface area contributed by atoms with Crippen LogP contribution in [0.4, 0.5) is 35.1 Å². The summed E-state index contributed by atoms with van der Waals surface area (Å²) in [6, 6.07) is -3.09. The van der Waals surface area contributed by atoms with E-state index in [-0.39, 0.29) is 32.4 Å². The van der Waals surface area contributed by atoms with Crippen LogP contribution in [-0.4, -0.2) is 90.1 Å². The van der Waals surface area contributed by atoms with Crippen LogP contribution < -0.4 is 16.0 Å². The number of carbonyl (C=O) groups excluding carboxylic acids is 5. The summed E-state index contributed by atoms with van der Waals surface area (Å²) in [5.74, 6) is -10.6. The lowest BCUT2D eigenvalue weighted by Crippen LogP contribution is -2.65. The summed E-state index contributed by atoms with van der Waals surface area (Å²) in [5.41, 5.74) is -3.01. The summed E-state index contributed by atoms with van der Waals surface area (Å²) in [6.07, 6.45) is -13.5. The molecule has 1 spiro atoms. The van der Waals surface area contributed by atoms with E-state index in [2.05, 4.69) is 15.4 Å². The maximum atomic E-state index is 14.0. The van der Waals surface area contributed by atoms with Gasteiger partial charge in [0.25, 0.3) is 0 Å². The van der Waals surface area contributed by atoms with Crippen LogP contribution in [0.3, 0.4) is 0 Å². The fraction of sp³-hybridized carbons (Fsp3) is 0.800. The Balaban J connectivity index is 1.57. The van der Waals surface area contributed by atoms with Crippen molar-refractivity contribution < 1.29 is 63.8 Å². The first-order valence-corrected chi connectivity index (χ1v) is 13.6. The number of carbonyl (C=O) groups is 5. The molecule has 0 aromatic heterocycles. The lowest BCUT2D eigenvalue weighted by Gasteiger charge is -2.42. The zero-order chi connectivity index (χ0) is 32.0. The standard InChI is InChI=1S/C25H30F8N4O6/c26-23(27)6-4-22(5-7-23,36-19(41)24(28,29)30)20(42)37-12-21(2-3-21)10-15(37)18(40)35-14(9-13-1-8-34-17(13)39)16(38)11-43-25(31,32)33/h13-15H,1-12H2,(H,34,39)(H,35,40)(H,36,41)/t13-,14-,15-/m0/s1. The molecule has 2 heterocycles. The SMILES string of the molecule is O=C1NCC[C@H]1C[C@H](NC(=O)[C@@H]1CC2(CC2)CN1C(=O)C1(NC(=O)C(F)(F)F)CCC(F)(F)CC1)C(=O)COC(F)(F)F. The van der Waals surface area contributed by atoms with Crippen LogP contribution in [0.25, 0.3) is 0 Å². The Kier molecular flexibility index (Phi) is 8.76. The van der Waals surface area contributed by atoms with E-state index in [0.29, 0.717) is 12.8 Å². The molecule has 3 atom stereocenters. The minimum Gasteiger partial charge on any atom is -0.356 e. The molecule has 4 aliphatic rings. The van der Waals surface area contributed by atoms with E-state index in [0.717, 1.165) is 4.90 Å². The molecule has 4 fully saturated rings. The van der Waals surface area contributed by atoms with Crippen molar-refractivity contribution in [3.05, 3.63) is 0 Å². The van der Waals surface area contributed by atoms with Crippen molar-refractivity contribution in [3.63, 3.8) is 0 Å². The molecule has 0 aromatic rings. The maximum absolute atomic E-state index is 14.0. The number of nitrogens with zero attached hydrogens (tertiary/aromatic N) is 1. The smallest absolute Gasteiger partial charge is 0.356 e. The van der Waals surface area contributed by atoms with E-state index in [1.54, 1.807) is 5.32 Å². The maximum Gasteiger partial charge on any atom is 0.522 e. The first-order chi connectivity index (χ1) is 19.7. The highest BCUT2D eigenvalue weighted by atomic mass is 19.4. The molecule has 2 aliphatic carbocycles. The predicted octanol–water partition coefficient (Wildman–Crippen LogP) is 2.11. The van der Waals surface area contributed by atoms with Crippen molar-refractivity contribution in [2.24, 2.45) is 11.3 Å². The second-order valence-electron chi connectivity index (χ2n) is 11.8. The van der Waals surface area contributed by atoms with Gasteiger partial charge in [0.1, 0.15) is 18.2 Å². The van der Waals surface area contributed by atoms with Gasteiger partial charge in [0.2, 0.25) is 23.6 Å². The van der Waals surface area contributed by atoms with Gasteiger partial charge in [-0.3, -0.25) is 28.7 Å². The number of rotatable bonds is 9. The molecule has 0 bridgehead atoms. The highest BCUT2D eigenvalue weighted by molar-refractivity contribution is 5.98. The third kappa shape index (κ3) is 7.73. The second-order valence-corrected chi connectivity index (χ2v) is 11.8. The number of ketones is 1. The molecule has 43 heavy (non-hydrogen) atoms. The normalized spacial score (nSPS) is 26.5. The first-order valence-electron chi connectivity index (χ1n) is 13.6. The van der Waals surface area contributed by atoms with Gasteiger partial charge in [-0.05, 0) is 50.4 Å². The number of alkyl halides is 8. The number of hydrogen-bond donors (Lipinski definition) is 3. The second kappa shape index (κ2) is 11.5. The van der Waals surface area contributed by atoms with Gasteiger partial charge in [0.05, 0.1) is 6.04 Å². The Bertz CT molecular complexity index is 1150. The summed E-state index contributed by atoms with van der Waals surface area (Å²) in [5, 5.41) is 6.38. The van der Waals surface area contributed by atoms with Gasteiger partial charge in [-0.25, -0.2) is 8.78 Å². The molecule has 2 aliphatic heterocycles. The van der Waals surface area contributed by atoms with Crippen LogP contribution in [0.15, 0.2) is 0 Å². The number of ether oxygens (including phenoxy) is 1. The van der Waals surface area contributed by atoms with Gasteiger partial charge in [0.15, 0.2) is 5.78 Å². The predicted molar refractivity (Wildman–Crippen MR) is 127 cm³/mol. The zero-order valence-electron chi connectivity index (χ0n) is 22.6. The third-order valence-electron chi connectivity index (χ3n) is 8.65. The number of hydrogen-bond acceptors (Lipinski definition) is 6. The molecule has 3 N–H and O–H groups in total. The third-order valence-corrected chi connectivity index (χ3v) is 8.65. The van der Waals surface area contributed by atoms with Crippen molar-refractivity contribution in [2.45, 2.75) is 93.9 Å². The number of nitrogens with one attached hydrogen (secondary N) is 3. The lowest BCUT2D eigenvalue weighted by molar-refractivity contribution is -0.321. The van der Waals surface area contributed by atoms with Crippen LogP contribution in [0.2, 0.25) is 0 Å². The van der Waals surface area contributed by atoms with E-state index in [1.165, 1.54) is 0 Å². The van der Waals surface area contributed by atoms with E-state index < -0.39 is 109 Å². The minimum absolute atomic E-state index is 0.0199. The molecular weight excluding hydrogens is 604 g/mol. The van der Waals surface area contributed by atoms with Gasteiger partial charge in [0, 0.05) is 31.8 Å². The van der Waals surface area contributed by atoms with Gasteiger partial charge >= 0.3 is 18.4 Å². The molecule has 4 rings (SSSR count). The number of Topliss-reactive ketones (excluding diaryl/α,β-unsaturated/α-hetero) is 1. The van der Waals surface area contributed by atoms with Crippen molar-refractivity contribution >= 4 is 29.4 Å². The highest BCUT2D eigenvalue weighted by Crippen LogP contribution is 2.55. The van der Waals surface area contributed by atoms with Crippen molar-refractivity contribution in [2.75, 3.05) is 19.7 Å². The van der Waals surface area contributed by atoms with Gasteiger partial charge in [-0.15, -0.1) is 13.2 Å². The Hall–Kier alpha value is -3.05. The number of halogens is 8. The monoisotopic (exact) mass is 634 g/mol. The fourth-order valence-electron chi connectivity index (χ4n) is 5.99. The van der Waals surface area contributed by atoms with E-state index >= 15 is 0 Å². The molecule has 0 aromatic carbocycles. The molecule has 0 radical (unpaired) electrons. The molecule has 4 amide bonds. The van der Waals surface area contributed by atoms with E-state index in [1.807, 2.05) is 0 Å². The Morgan fingerprint density at radius 3 is 2.14 bits per heavy atom. The van der Waals surface area contributed by atoms with Crippen LogP contribution >= 0.6 is 0 Å². The van der Waals surface area contributed by atoms with Crippen molar-refractivity contribution in [3.8, 4) is 0 Å². The summed E-state index contributed by atoms with van der Waals surface area (Å²) < 4.78 is 109. The number of likely N-dealkylation sites (tertiary alicyclic amines) is 1. The van der Waals surface area contributed by atoms with Gasteiger partial charge < -0.3 is 20.9 Å². The number of amides is 4. The molecule has 0 unspecified atom stereocenters. The van der Waals surface area contributed by atoms with E-state index in [4.69, 9.17) is 0 Å². The Morgan fingerprint density at radius 2 is 1.63 bits per heavy atom. The molecule has 2 saturated heterocycles. The van der Waals surface area contributed by atoms with Crippen LogP contribution in [0.5, 0.6) is 0 Å². The topological polar surface area (TPSA) is 134 Å². The van der Waals surface area contributed by atoms with Crippen LogP contribution in [0, 0.1) is 11.3 Å². The quantitative estimate of drug-likeness (QED) is 0.333.